The van der Waals surface area contributed by atoms with Crippen LogP contribution in [0.1, 0.15) is 29.7 Å². The maximum Gasteiger partial charge on any atom is 0.129 e. The summed E-state index contributed by atoms with van der Waals surface area (Å²) < 4.78 is 11.5. The summed E-state index contributed by atoms with van der Waals surface area (Å²) in [4.78, 5) is 0. The fraction of sp³-hybridized carbons (Fsp3) is 0.294. The van der Waals surface area contributed by atoms with Gasteiger partial charge in [-0.05, 0) is 42.3 Å². The van der Waals surface area contributed by atoms with E-state index in [-0.39, 0.29) is 0 Å². The zero-order valence-corrected chi connectivity index (χ0v) is 12.6. The Balaban J connectivity index is 1.78. The van der Waals surface area contributed by atoms with E-state index in [0.717, 1.165) is 34.6 Å². The molecule has 110 valence electrons. The van der Waals surface area contributed by atoms with Gasteiger partial charge in [0.25, 0.3) is 0 Å². The van der Waals surface area contributed by atoms with Crippen molar-refractivity contribution in [1.82, 2.24) is 0 Å². The molecule has 0 saturated heterocycles. The molecule has 1 aliphatic rings. The van der Waals surface area contributed by atoms with Crippen molar-refractivity contribution in [1.29, 1.82) is 0 Å². The number of halogens is 1. The molecule has 1 aliphatic heterocycles. The molecular formula is C17H17ClO3. The number of hydrogen-bond donors (Lipinski definition) is 1. The molecular weight excluding hydrogens is 288 g/mol. The predicted molar refractivity (Wildman–Crippen MR) is 82.1 cm³/mol. The fourth-order valence-electron chi connectivity index (χ4n) is 2.48. The first-order valence-electron chi connectivity index (χ1n) is 6.98. The van der Waals surface area contributed by atoms with Crippen LogP contribution >= 0.6 is 11.6 Å². The Morgan fingerprint density at radius 3 is 3.00 bits per heavy atom. The molecule has 0 spiro atoms. The minimum atomic E-state index is -0.507. The van der Waals surface area contributed by atoms with Crippen LogP contribution in [-0.4, -0.2) is 11.7 Å². The minimum Gasteiger partial charge on any atom is -0.493 e. The van der Waals surface area contributed by atoms with Gasteiger partial charge in [-0.15, -0.1) is 0 Å². The van der Waals surface area contributed by atoms with Crippen molar-refractivity contribution in [3.8, 4) is 11.5 Å². The summed E-state index contributed by atoms with van der Waals surface area (Å²) in [5, 5.41) is 10.3. The van der Waals surface area contributed by atoms with Gasteiger partial charge in [0.1, 0.15) is 18.1 Å². The monoisotopic (exact) mass is 304 g/mol. The number of hydrogen-bond acceptors (Lipinski definition) is 3. The van der Waals surface area contributed by atoms with Gasteiger partial charge in [-0.25, -0.2) is 0 Å². The third-order valence-electron chi connectivity index (χ3n) is 3.56. The summed E-state index contributed by atoms with van der Waals surface area (Å²) >= 11 is 6.13. The predicted octanol–water partition coefficient (Wildman–Crippen LogP) is 3.91. The average Bonchev–Trinajstić information content (AvgIpc) is 2.93. The third-order valence-corrected chi connectivity index (χ3v) is 3.78. The molecule has 1 heterocycles. The highest BCUT2D eigenvalue weighted by Crippen LogP contribution is 2.33. The van der Waals surface area contributed by atoms with E-state index in [9.17, 15) is 5.11 Å². The lowest BCUT2D eigenvalue weighted by molar-refractivity contribution is 0.198. The first kappa shape index (κ1) is 14.2. The maximum absolute atomic E-state index is 9.60. The molecule has 2 aromatic carbocycles. The van der Waals surface area contributed by atoms with Crippen molar-refractivity contribution in [2.45, 2.75) is 26.1 Å². The summed E-state index contributed by atoms with van der Waals surface area (Å²) in [6.45, 7) is 2.82. The largest absolute Gasteiger partial charge is 0.493 e. The Morgan fingerprint density at radius 2 is 2.19 bits per heavy atom. The van der Waals surface area contributed by atoms with Gasteiger partial charge in [-0.1, -0.05) is 23.7 Å². The number of aliphatic hydroxyl groups is 1. The van der Waals surface area contributed by atoms with Crippen LogP contribution in [0.25, 0.3) is 0 Å². The number of benzene rings is 2. The Kier molecular flexibility index (Phi) is 4.04. The van der Waals surface area contributed by atoms with E-state index in [2.05, 4.69) is 0 Å². The average molecular weight is 305 g/mol. The molecule has 3 rings (SSSR count). The van der Waals surface area contributed by atoms with Gasteiger partial charge in [0.15, 0.2) is 0 Å². The zero-order valence-electron chi connectivity index (χ0n) is 11.8. The van der Waals surface area contributed by atoms with Gasteiger partial charge < -0.3 is 14.6 Å². The van der Waals surface area contributed by atoms with Crippen molar-refractivity contribution in [2.24, 2.45) is 0 Å². The standard InChI is InChI=1S/C17H17ClO3/c1-11(19)12-3-2-4-16(9-12)21-10-14-8-15(18)7-13-5-6-20-17(13)14/h2-4,7-9,11,19H,5-6,10H2,1H3. The van der Waals surface area contributed by atoms with Crippen molar-refractivity contribution >= 4 is 11.6 Å². The van der Waals surface area contributed by atoms with Gasteiger partial charge in [0.2, 0.25) is 0 Å². The van der Waals surface area contributed by atoms with Gasteiger partial charge in [0, 0.05) is 17.0 Å². The lowest BCUT2D eigenvalue weighted by atomic mass is 10.1. The first-order valence-corrected chi connectivity index (χ1v) is 7.36. The van der Waals surface area contributed by atoms with Gasteiger partial charge in [-0.3, -0.25) is 0 Å². The highest BCUT2D eigenvalue weighted by molar-refractivity contribution is 6.30. The fourth-order valence-corrected chi connectivity index (χ4v) is 2.74. The van der Waals surface area contributed by atoms with E-state index in [1.165, 1.54) is 0 Å². The summed E-state index contributed by atoms with van der Waals surface area (Å²) in [5.41, 5.74) is 2.93. The number of ether oxygens (including phenoxy) is 2. The van der Waals surface area contributed by atoms with Crippen LogP contribution in [0.2, 0.25) is 5.02 Å². The molecule has 0 amide bonds. The molecule has 0 aliphatic carbocycles. The maximum atomic E-state index is 9.60. The number of aliphatic hydroxyl groups excluding tert-OH is 1. The molecule has 1 unspecified atom stereocenters. The quantitative estimate of drug-likeness (QED) is 0.931. The Hall–Kier alpha value is -1.71. The molecule has 3 nitrogen and oxygen atoms in total. The molecule has 0 saturated carbocycles. The lowest BCUT2D eigenvalue weighted by Crippen LogP contribution is -2.00. The SMILES string of the molecule is CC(O)c1cccc(OCc2cc(Cl)cc3c2OCC3)c1. The van der Waals surface area contributed by atoms with E-state index < -0.39 is 6.10 Å². The van der Waals surface area contributed by atoms with E-state index in [1.807, 2.05) is 36.4 Å². The van der Waals surface area contributed by atoms with Crippen LogP contribution in [0.15, 0.2) is 36.4 Å². The normalized spacial score (nSPS) is 14.4. The summed E-state index contributed by atoms with van der Waals surface area (Å²) in [5.74, 6) is 1.62. The van der Waals surface area contributed by atoms with Crippen molar-refractivity contribution in [2.75, 3.05) is 6.61 Å². The molecule has 0 bridgehead atoms. The van der Waals surface area contributed by atoms with Crippen LogP contribution in [0.4, 0.5) is 0 Å². The van der Waals surface area contributed by atoms with Crippen LogP contribution in [0.5, 0.6) is 11.5 Å². The first-order chi connectivity index (χ1) is 10.1. The Labute approximate surface area is 129 Å². The molecule has 2 aromatic rings. The van der Waals surface area contributed by atoms with E-state index >= 15 is 0 Å². The third kappa shape index (κ3) is 3.14. The molecule has 1 N–H and O–H groups in total. The van der Waals surface area contributed by atoms with E-state index in [1.54, 1.807) is 6.92 Å². The summed E-state index contributed by atoms with van der Waals surface area (Å²) in [6, 6.07) is 11.3. The molecule has 1 atom stereocenters. The van der Waals surface area contributed by atoms with Crippen molar-refractivity contribution in [3.05, 3.63) is 58.1 Å². The Bertz CT molecular complexity index is 652. The van der Waals surface area contributed by atoms with Crippen LogP contribution < -0.4 is 9.47 Å². The Morgan fingerprint density at radius 1 is 1.33 bits per heavy atom. The second-order valence-electron chi connectivity index (χ2n) is 5.19. The van der Waals surface area contributed by atoms with Gasteiger partial charge in [-0.2, -0.15) is 0 Å². The summed E-state index contributed by atoms with van der Waals surface area (Å²) in [7, 11) is 0. The van der Waals surface area contributed by atoms with Crippen molar-refractivity contribution < 1.29 is 14.6 Å². The zero-order chi connectivity index (χ0) is 14.8. The molecule has 0 fully saturated rings. The second-order valence-corrected chi connectivity index (χ2v) is 5.63. The van der Waals surface area contributed by atoms with Crippen LogP contribution in [-0.2, 0) is 13.0 Å². The van der Waals surface area contributed by atoms with Crippen molar-refractivity contribution in [3.63, 3.8) is 0 Å². The smallest absolute Gasteiger partial charge is 0.129 e. The van der Waals surface area contributed by atoms with Gasteiger partial charge >= 0.3 is 0 Å². The van der Waals surface area contributed by atoms with Crippen LogP contribution in [0, 0.1) is 0 Å². The number of rotatable bonds is 4. The second kappa shape index (κ2) is 5.96. The van der Waals surface area contributed by atoms with E-state index in [4.69, 9.17) is 21.1 Å². The van der Waals surface area contributed by atoms with Crippen LogP contribution in [0.3, 0.4) is 0 Å². The minimum absolute atomic E-state index is 0.395. The van der Waals surface area contributed by atoms with E-state index in [0.29, 0.717) is 18.2 Å². The highest BCUT2D eigenvalue weighted by Gasteiger charge is 2.18. The molecule has 0 radical (unpaired) electrons. The van der Waals surface area contributed by atoms with Gasteiger partial charge in [0.05, 0.1) is 12.7 Å². The highest BCUT2D eigenvalue weighted by atomic mass is 35.5. The molecule has 0 aromatic heterocycles. The molecule has 4 heteroatoms. The lowest BCUT2D eigenvalue weighted by Gasteiger charge is -2.12. The molecule has 21 heavy (non-hydrogen) atoms. The number of fused-ring (bicyclic) bond motifs is 1. The topological polar surface area (TPSA) is 38.7 Å². The summed E-state index contributed by atoms with van der Waals surface area (Å²) in [6.07, 6.45) is 0.382.